The topological polar surface area (TPSA) is 119 Å². The van der Waals surface area contributed by atoms with Crippen LogP contribution in [0.5, 0.6) is 0 Å². The number of hydrogen-bond acceptors (Lipinski definition) is 8. The molecule has 5 rings (SSSR count). The first-order chi connectivity index (χ1) is 17.5. The van der Waals surface area contributed by atoms with Crippen LogP contribution >= 0.6 is 11.6 Å². The number of carbonyl (C=O) groups excluding carboxylic acids is 1. The highest BCUT2D eigenvalue weighted by molar-refractivity contribution is 6.32. The van der Waals surface area contributed by atoms with Crippen LogP contribution in [0.2, 0.25) is 5.02 Å². The summed E-state index contributed by atoms with van der Waals surface area (Å²) in [6, 6.07) is 5.32. The van der Waals surface area contributed by atoms with Crippen molar-refractivity contribution in [3.63, 3.8) is 0 Å². The largest absolute Gasteiger partial charge is 0.341 e. The van der Waals surface area contributed by atoms with Gasteiger partial charge in [-0.1, -0.05) is 11.6 Å². The van der Waals surface area contributed by atoms with Gasteiger partial charge in [0.1, 0.15) is 17.8 Å². The molecule has 2 aliphatic heterocycles. The number of nitrogens with zero attached hydrogens (tertiary/aromatic N) is 10. The molecule has 4 heterocycles. The SMILES string of the molecule is CCn1ncnc1-c1nc(N2CCN(C(=O)N3N=CC[C@H]3c3cc(F)cc(C#N)c3)CC2)ncc1Cl. The lowest BCUT2D eigenvalue weighted by Gasteiger charge is -2.37. The van der Waals surface area contributed by atoms with Gasteiger partial charge in [-0.2, -0.15) is 15.5 Å². The number of halogens is 2. The Bertz CT molecular complexity index is 1360. The highest BCUT2D eigenvalue weighted by atomic mass is 35.5. The molecular weight excluding hydrogens is 487 g/mol. The monoisotopic (exact) mass is 508 g/mol. The van der Waals surface area contributed by atoms with E-state index in [2.05, 4.69) is 25.2 Å². The Balaban J connectivity index is 1.28. The maximum Gasteiger partial charge on any atom is 0.341 e. The predicted molar refractivity (Wildman–Crippen MR) is 130 cm³/mol. The van der Waals surface area contributed by atoms with E-state index < -0.39 is 11.9 Å². The van der Waals surface area contributed by atoms with E-state index in [1.807, 2.05) is 17.9 Å². The van der Waals surface area contributed by atoms with Crippen molar-refractivity contribution in [2.45, 2.75) is 25.9 Å². The molecule has 3 aromatic rings. The molecule has 2 aliphatic rings. The molecule has 1 atom stereocenters. The summed E-state index contributed by atoms with van der Waals surface area (Å²) in [4.78, 5) is 30.2. The molecule has 1 saturated heterocycles. The van der Waals surface area contributed by atoms with Crippen LogP contribution in [-0.4, -0.2) is 73.1 Å². The summed E-state index contributed by atoms with van der Waals surface area (Å²) >= 11 is 6.35. The van der Waals surface area contributed by atoms with Gasteiger partial charge in [0, 0.05) is 45.4 Å². The number of amides is 2. The normalized spacial score (nSPS) is 17.5. The Morgan fingerprint density at radius 1 is 1.22 bits per heavy atom. The van der Waals surface area contributed by atoms with Gasteiger partial charge in [0.15, 0.2) is 5.82 Å². The van der Waals surface area contributed by atoms with Crippen molar-refractivity contribution in [1.29, 1.82) is 5.26 Å². The molecule has 0 radical (unpaired) electrons. The Morgan fingerprint density at radius 2 is 2.03 bits per heavy atom. The van der Waals surface area contributed by atoms with E-state index in [-0.39, 0.29) is 11.6 Å². The van der Waals surface area contributed by atoms with Gasteiger partial charge in [0.05, 0.1) is 28.9 Å². The van der Waals surface area contributed by atoms with Gasteiger partial charge in [0.25, 0.3) is 0 Å². The maximum absolute atomic E-state index is 14.0. The molecule has 0 spiro atoms. The van der Waals surface area contributed by atoms with E-state index in [4.69, 9.17) is 11.6 Å². The van der Waals surface area contributed by atoms with Gasteiger partial charge in [-0.25, -0.2) is 33.8 Å². The Labute approximate surface area is 211 Å². The second-order valence-electron chi connectivity index (χ2n) is 8.30. The molecular formula is C23H22ClFN10O. The number of nitriles is 1. The second kappa shape index (κ2) is 9.87. The molecule has 0 saturated carbocycles. The van der Waals surface area contributed by atoms with Crippen LogP contribution in [-0.2, 0) is 6.54 Å². The summed E-state index contributed by atoms with van der Waals surface area (Å²) in [5, 5.41) is 19.3. The molecule has 2 aromatic heterocycles. The number of urea groups is 1. The van der Waals surface area contributed by atoms with Gasteiger partial charge in [-0.05, 0) is 30.7 Å². The van der Waals surface area contributed by atoms with Crippen molar-refractivity contribution in [2.75, 3.05) is 31.1 Å². The highest BCUT2D eigenvalue weighted by Crippen LogP contribution is 2.31. The van der Waals surface area contributed by atoms with Crippen molar-refractivity contribution in [1.82, 2.24) is 34.6 Å². The molecule has 0 unspecified atom stereocenters. The fourth-order valence-corrected chi connectivity index (χ4v) is 4.51. The van der Waals surface area contributed by atoms with E-state index in [1.165, 1.54) is 23.5 Å². The third-order valence-corrected chi connectivity index (χ3v) is 6.43. The number of hydrogen-bond donors (Lipinski definition) is 0. The van der Waals surface area contributed by atoms with E-state index in [0.29, 0.717) is 67.2 Å². The Morgan fingerprint density at radius 3 is 2.78 bits per heavy atom. The van der Waals surface area contributed by atoms with Crippen LogP contribution in [0.1, 0.15) is 30.5 Å². The molecule has 1 fully saturated rings. The third kappa shape index (κ3) is 4.45. The minimum absolute atomic E-state index is 0.206. The maximum atomic E-state index is 14.0. The fourth-order valence-electron chi connectivity index (χ4n) is 4.33. The highest BCUT2D eigenvalue weighted by Gasteiger charge is 2.34. The van der Waals surface area contributed by atoms with Crippen LogP contribution in [0.4, 0.5) is 15.1 Å². The van der Waals surface area contributed by atoms with E-state index >= 15 is 0 Å². The average Bonchev–Trinajstić information content (AvgIpc) is 3.58. The van der Waals surface area contributed by atoms with E-state index in [1.54, 1.807) is 28.1 Å². The zero-order valence-electron chi connectivity index (χ0n) is 19.4. The first kappa shape index (κ1) is 23.6. The summed E-state index contributed by atoms with van der Waals surface area (Å²) in [7, 11) is 0. The smallest absolute Gasteiger partial charge is 0.337 e. The van der Waals surface area contributed by atoms with E-state index in [9.17, 15) is 14.4 Å². The minimum atomic E-state index is -0.517. The lowest BCUT2D eigenvalue weighted by atomic mass is 10.0. The van der Waals surface area contributed by atoms with Gasteiger partial charge < -0.3 is 9.80 Å². The van der Waals surface area contributed by atoms with Gasteiger partial charge in [-0.15, -0.1) is 0 Å². The van der Waals surface area contributed by atoms with Crippen molar-refractivity contribution >= 4 is 29.8 Å². The third-order valence-electron chi connectivity index (χ3n) is 6.15. The fraction of sp³-hybridized carbons (Fsp3) is 0.348. The number of piperazine rings is 1. The molecule has 0 bridgehead atoms. The number of aromatic nitrogens is 5. The average molecular weight is 509 g/mol. The summed E-state index contributed by atoms with van der Waals surface area (Å²) in [5.74, 6) is 0.541. The van der Waals surface area contributed by atoms with Crippen LogP contribution in [0.15, 0.2) is 35.8 Å². The van der Waals surface area contributed by atoms with Crippen LogP contribution < -0.4 is 4.90 Å². The van der Waals surface area contributed by atoms with Gasteiger partial charge >= 0.3 is 6.03 Å². The quantitative estimate of drug-likeness (QED) is 0.531. The summed E-state index contributed by atoms with van der Waals surface area (Å²) in [5.41, 5.74) is 1.25. The van der Waals surface area contributed by atoms with Crippen LogP contribution in [0.3, 0.4) is 0 Å². The minimum Gasteiger partial charge on any atom is -0.337 e. The standard InChI is InChI=1S/C23H22ClFN10O/c1-2-34-21(28-14-30-34)20-18(24)13-27-22(31-20)32-5-7-33(8-6-32)23(36)35-19(3-4-29-35)16-9-15(12-26)10-17(25)11-16/h4,9-11,13-14,19H,2-3,5-8H2,1H3/t19-/m0/s1. The predicted octanol–water partition coefficient (Wildman–Crippen LogP) is 3.09. The molecule has 184 valence electrons. The number of carbonyl (C=O) groups is 1. The molecule has 1 aromatic carbocycles. The summed E-state index contributed by atoms with van der Waals surface area (Å²) in [6.45, 7) is 4.45. The van der Waals surface area contributed by atoms with Crippen molar-refractivity contribution in [2.24, 2.45) is 5.10 Å². The zero-order chi connectivity index (χ0) is 25.2. The molecule has 2 amide bonds. The summed E-state index contributed by atoms with van der Waals surface area (Å²) < 4.78 is 15.7. The molecule has 0 N–H and O–H groups in total. The number of hydrazone groups is 1. The Kier molecular flexibility index (Phi) is 6.47. The number of benzene rings is 1. The molecule has 13 heteroatoms. The number of anilines is 1. The molecule has 11 nitrogen and oxygen atoms in total. The van der Waals surface area contributed by atoms with Crippen LogP contribution in [0.25, 0.3) is 11.5 Å². The lowest BCUT2D eigenvalue weighted by molar-refractivity contribution is 0.139. The number of aryl methyl sites for hydroxylation is 1. The van der Waals surface area contributed by atoms with Crippen molar-refractivity contribution < 1.29 is 9.18 Å². The first-order valence-electron chi connectivity index (χ1n) is 11.4. The van der Waals surface area contributed by atoms with Crippen LogP contribution in [0, 0.1) is 17.1 Å². The van der Waals surface area contributed by atoms with Gasteiger partial charge in [-0.3, -0.25) is 0 Å². The van der Waals surface area contributed by atoms with E-state index in [0.717, 1.165) is 0 Å². The lowest BCUT2D eigenvalue weighted by Crippen LogP contribution is -2.52. The van der Waals surface area contributed by atoms with Crippen molar-refractivity contribution in [3.8, 4) is 17.6 Å². The van der Waals surface area contributed by atoms with Gasteiger partial charge in [0.2, 0.25) is 5.95 Å². The molecule has 36 heavy (non-hydrogen) atoms. The summed E-state index contributed by atoms with van der Waals surface area (Å²) in [6.07, 6.45) is 5.08. The van der Waals surface area contributed by atoms with Crippen molar-refractivity contribution in [3.05, 3.63) is 52.7 Å². The first-order valence-corrected chi connectivity index (χ1v) is 11.8. The molecule has 0 aliphatic carbocycles. The zero-order valence-corrected chi connectivity index (χ0v) is 20.2. The second-order valence-corrected chi connectivity index (χ2v) is 8.71. The number of rotatable bonds is 4. The Hall–Kier alpha value is -4.11.